The van der Waals surface area contributed by atoms with E-state index < -0.39 is 0 Å². The van der Waals surface area contributed by atoms with Crippen molar-refractivity contribution in [1.82, 2.24) is 29.4 Å². The van der Waals surface area contributed by atoms with Gasteiger partial charge in [-0.05, 0) is 25.2 Å². The van der Waals surface area contributed by atoms with Gasteiger partial charge in [-0.3, -0.25) is 0 Å². The van der Waals surface area contributed by atoms with Crippen molar-refractivity contribution in [2.24, 2.45) is 0 Å². The molecule has 3 aromatic rings. The molecule has 7 heteroatoms. The van der Waals surface area contributed by atoms with Gasteiger partial charge in [0.15, 0.2) is 0 Å². The Morgan fingerprint density at radius 3 is 3.21 bits per heavy atom. The predicted octanol–water partition coefficient (Wildman–Crippen LogP) is 0.743. The molecule has 0 aromatic carbocycles. The fraction of sp³-hybridized carbons (Fsp3) is 0.143. The van der Waals surface area contributed by atoms with Crippen LogP contribution in [-0.4, -0.2) is 29.4 Å². The quantitative estimate of drug-likeness (QED) is 0.551. The minimum Gasteiger partial charge on any atom is -0.250 e. The number of aryl methyl sites for hydroxylation is 1. The largest absolute Gasteiger partial charge is 0.250 e. The highest BCUT2D eigenvalue weighted by Crippen LogP contribution is 2.09. The average Bonchev–Trinajstić information content (AvgIpc) is 2.68. The van der Waals surface area contributed by atoms with Crippen molar-refractivity contribution in [3.63, 3.8) is 0 Å². The Kier molecular flexibility index (Phi) is 1.30. The number of nitrogens with zero attached hydrogens (tertiary/aromatic N) is 5. The maximum absolute atomic E-state index is 5.01. The van der Waals surface area contributed by atoms with E-state index in [4.69, 9.17) is 12.2 Å². The fourth-order valence-corrected chi connectivity index (χ4v) is 1.62. The number of aromatic nitrogens is 6. The molecule has 0 amide bonds. The van der Waals surface area contributed by atoms with Crippen LogP contribution in [0.2, 0.25) is 0 Å². The van der Waals surface area contributed by atoms with Gasteiger partial charge < -0.3 is 0 Å². The standard InChI is InChI=1S/C7H6N6S/c1-4-2-5-6-9-10-7(14)13(6)8-3-12(5)11-4/h2-3H,1H3,(H,10,14). The predicted molar refractivity (Wildman–Crippen MR) is 51.7 cm³/mol. The molecule has 0 saturated heterocycles. The molecule has 0 fully saturated rings. The summed E-state index contributed by atoms with van der Waals surface area (Å²) in [6.07, 6.45) is 1.61. The lowest BCUT2D eigenvalue weighted by molar-refractivity contribution is 0.816. The molecular formula is C7H6N6S. The molecule has 6 nitrogen and oxygen atoms in total. The highest BCUT2D eigenvalue weighted by Gasteiger charge is 2.06. The Hall–Kier alpha value is -1.76. The van der Waals surface area contributed by atoms with Crippen LogP contribution in [0.3, 0.4) is 0 Å². The van der Waals surface area contributed by atoms with Gasteiger partial charge in [-0.1, -0.05) is 0 Å². The van der Waals surface area contributed by atoms with Crippen LogP contribution in [0.1, 0.15) is 5.69 Å². The number of H-pyrrole nitrogens is 1. The van der Waals surface area contributed by atoms with Crippen molar-refractivity contribution >= 4 is 23.4 Å². The highest BCUT2D eigenvalue weighted by molar-refractivity contribution is 7.71. The van der Waals surface area contributed by atoms with Gasteiger partial charge >= 0.3 is 0 Å². The molecule has 0 aliphatic carbocycles. The Morgan fingerprint density at radius 1 is 1.50 bits per heavy atom. The Labute approximate surface area is 83.2 Å². The van der Waals surface area contributed by atoms with Crippen LogP contribution < -0.4 is 0 Å². The van der Waals surface area contributed by atoms with Crippen LogP contribution in [0, 0.1) is 11.7 Å². The van der Waals surface area contributed by atoms with E-state index in [9.17, 15) is 0 Å². The van der Waals surface area contributed by atoms with E-state index in [-0.39, 0.29) is 0 Å². The first-order chi connectivity index (χ1) is 6.75. The maximum atomic E-state index is 5.01. The molecule has 3 aromatic heterocycles. The molecule has 14 heavy (non-hydrogen) atoms. The molecule has 3 heterocycles. The number of hydrogen-bond donors (Lipinski definition) is 1. The van der Waals surface area contributed by atoms with E-state index in [0.29, 0.717) is 10.4 Å². The monoisotopic (exact) mass is 206 g/mol. The lowest BCUT2D eigenvalue weighted by Gasteiger charge is -1.92. The minimum atomic E-state index is 0.487. The fourth-order valence-electron chi connectivity index (χ4n) is 1.44. The summed E-state index contributed by atoms with van der Waals surface area (Å²) >= 11 is 5.01. The van der Waals surface area contributed by atoms with E-state index in [1.54, 1.807) is 15.4 Å². The van der Waals surface area contributed by atoms with Crippen LogP contribution in [0.15, 0.2) is 12.4 Å². The minimum absolute atomic E-state index is 0.487. The number of hydrogen-bond acceptors (Lipinski definition) is 4. The van der Waals surface area contributed by atoms with E-state index in [0.717, 1.165) is 11.2 Å². The maximum Gasteiger partial charge on any atom is 0.216 e. The van der Waals surface area contributed by atoms with E-state index >= 15 is 0 Å². The number of rotatable bonds is 0. The van der Waals surface area contributed by atoms with Gasteiger partial charge in [-0.25, -0.2) is 9.61 Å². The molecule has 0 spiro atoms. The molecule has 3 rings (SSSR count). The topological polar surface area (TPSA) is 63.3 Å². The Morgan fingerprint density at radius 2 is 2.36 bits per heavy atom. The van der Waals surface area contributed by atoms with Crippen molar-refractivity contribution in [2.45, 2.75) is 6.92 Å². The normalized spacial score (nSPS) is 11.5. The van der Waals surface area contributed by atoms with Gasteiger partial charge in [0.2, 0.25) is 10.4 Å². The van der Waals surface area contributed by atoms with Gasteiger partial charge in [-0.2, -0.15) is 19.8 Å². The molecule has 0 saturated carbocycles. The van der Waals surface area contributed by atoms with Gasteiger partial charge in [0, 0.05) is 0 Å². The van der Waals surface area contributed by atoms with Crippen LogP contribution in [0.4, 0.5) is 0 Å². The smallest absolute Gasteiger partial charge is 0.216 e. The molecule has 70 valence electrons. The SMILES string of the molecule is Cc1cc2c3n[nH]c(=S)n3ncn2n1. The summed E-state index contributed by atoms with van der Waals surface area (Å²) in [5, 5.41) is 15.1. The summed E-state index contributed by atoms with van der Waals surface area (Å²) in [7, 11) is 0. The third kappa shape index (κ3) is 0.841. The first kappa shape index (κ1) is 7.63. The molecule has 0 radical (unpaired) electrons. The first-order valence-electron chi connectivity index (χ1n) is 4.04. The second kappa shape index (κ2) is 2.38. The van der Waals surface area contributed by atoms with E-state index in [1.807, 2.05) is 13.0 Å². The molecule has 0 bridgehead atoms. The summed E-state index contributed by atoms with van der Waals surface area (Å²) in [6, 6.07) is 1.94. The first-order valence-corrected chi connectivity index (χ1v) is 4.45. The number of fused-ring (bicyclic) bond motifs is 3. The second-order valence-electron chi connectivity index (χ2n) is 3.01. The zero-order valence-corrected chi connectivity index (χ0v) is 8.12. The van der Waals surface area contributed by atoms with Crippen LogP contribution in [-0.2, 0) is 0 Å². The summed E-state index contributed by atoms with van der Waals surface area (Å²) in [6.45, 7) is 1.92. The van der Waals surface area contributed by atoms with E-state index in [1.165, 1.54) is 0 Å². The van der Waals surface area contributed by atoms with Gasteiger partial charge in [0.1, 0.15) is 11.8 Å². The molecular weight excluding hydrogens is 200 g/mol. The highest BCUT2D eigenvalue weighted by atomic mass is 32.1. The Bertz CT molecular complexity index is 674. The summed E-state index contributed by atoms with van der Waals surface area (Å²) < 4.78 is 3.74. The van der Waals surface area contributed by atoms with Gasteiger partial charge in [-0.15, -0.1) is 0 Å². The molecule has 0 unspecified atom stereocenters. The lowest BCUT2D eigenvalue weighted by atomic mass is 10.4. The van der Waals surface area contributed by atoms with Gasteiger partial charge in [0.25, 0.3) is 0 Å². The average molecular weight is 206 g/mol. The zero-order chi connectivity index (χ0) is 9.71. The summed E-state index contributed by atoms with van der Waals surface area (Å²) in [5.74, 6) is 0. The Balaban J connectivity index is 2.67. The number of nitrogens with one attached hydrogen (secondary N) is 1. The third-order valence-electron chi connectivity index (χ3n) is 2.01. The van der Waals surface area contributed by atoms with Crippen LogP contribution in [0.5, 0.6) is 0 Å². The van der Waals surface area contributed by atoms with Crippen molar-refractivity contribution in [3.05, 3.63) is 22.9 Å². The molecule has 0 aliphatic heterocycles. The van der Waals surface area contributed by atoms with Crippen molar-refractivity contribution in [1.29, 1.82) is 0 Å². The molecule has 1 N–H and O–H groups in total. The number of aromatic amines is 1. The van der Waals surface area contributed by atoms with Crippen molar-refractivity contribution < 1.29 is 0 Å². The van der Waals surface area contributed by atoms with Crippen LogP contribution >= 0.6 is 12.2 Å². The second-order valence-corrected chi connectivity index (χ2v) is 3.40. The van der Waals surface area contributed by atoms with E-state index in [2.05, 4.69) is 20.4 Å². The third-order valence-corrected chi connectivity index (χ3v) is 2.28. The van der Waals surface area contributed by atoms with Gasteiger partial charge in [0.05, 0.1) is 5.69 Å². The van der Waals surface area contributed by atoms with Crippen molar-refractivity contribution in [3.8, 4) is 0 Å². The summed E-state index contributed by atoms with van der Waals surface area (Å²) in [4.78, 5) is 0. The van der Waals surface area contributed by atoms with Crippen LogP contribution in [0.25, 0.3) is 11.2 Å². The summed E-state index contributed by atoms with van der Waals surface area (Å²) in [5.41, 5.74) is 2.51. The van der Waals surface area contributed by atoms with Crippen molar-refractivity contribution in [2.75, 3.05) is 0 Å². The lowest BCUT2D eigenvalue weighted by Crippen LogP contribution is -1.97. The molecule has 0 atom stereocenters. The zero-order valence-electron chi connectivity index (χ0n) is 7.30. The molecule has 0 aliphatic rings.